The average molecular weight is 248 g/mol. The molecule has 0 aliphatic carbocycles. The second-order valence-electron chi connectivity index (χ2n) is 4.17. The lowest BCUT2D eigenvalue weighted by molar-refractivity contribution is -0.139. The number of carbonyl (C=O) groups is 2. The Morgan fingerprint density at radius 1 is 1.56 bits per heavy atom. The summed E-state index contributed by atoms with van der Waals surface area (Å²) in [4.78, 5) is 22.9. The van der Waals surface area contributed by atoms with Gasteiger partial charge in [0.15, 0.2) is 0 Å². The van der Waals surface area contributed by atoms with Gasteiger partial charge in [0, 0.05) is 18.7 Å². The van der Waals surface area contributed by atoms with Crippen molar-refractivity contribution < 1.29 is 14.7 Å². The maximum atomic E-state index is 12.0. The lowest BCUT2D eigenvalue weighted by atomic mass is 10.2. The lowest BCUT2D eigenvalue weighted by Gasteiger charge is -2.15. The molecule has 2 N–H and O–H groups in total. The number of carbonyl (C=O) groups excluding carboxylic acids is 1. The van der Waals surface area contributed by atoms with Crippen molar-refractivity contribution in [2.45, 2.75) is 32.4 Å². The van der Waals surface area contributed by atoms with E-state index in [0.717, 1.165) is 0 Å². The van der Waals surface area contributed by atoms with Crippen molar-refractivity contribution in [1.82, 2.24) is 9.88 Å². The van der Waals surface area contributed by atoms with Crippen LogP contribution in [0.15, 0.2) is 18.3 Å². The minimum Gasteiger partial charge on any atom is -0.480 e. The molecule has 1 unspecified atom stereocenters. The highest BCUT2D eigenvalue weighted by Crippen LogP contribution is 2.11. The number of nitrogens with one attached hydrogen (secondary N) is 1. The molecule has 1 atom stereocenters. The number of hydrogen-bond donors (Lipinski definition) is 2. The molecule has 0 spiro atoms. The van der Waals surface area contributed by atoms with E-state index in [1.807, 2.05) is 13.8 Å². The van der Waals surface area contributed by atoms with Crippen molar-refractivity contribution in [3.05, 3.63) is 24.0 Å². The van der Waals surface area contributed by atoms with E-state index in [0.29, 0.717) is 5.69 Å². The van der Waals surface area contributed by atoms with Crippen LogP contribution >= 0.6 is 0 Å². The summed E-state index contributed by atoms with van der Waals surface area (Å²) in [5.74, 6) is 0.666. The molecule has 5 heteroatoms. The molecule has 0 fully saturated rings. The molecule has 0 aliphatic rings. The fourth-order valence-corrected chi connectivity index (χ4v) is 1.59. The topological polar surface area (TPSA) is 71.3 Å². The maximum Gasteiger partial charge on any atom is 0.327 e. The van der Waals surface area contributed by atoms with E-state index in [1.165, 1.54) is 0 Å². The van der Waals surface area contributed by atoms with Crippen LogP contribution in [-0.2, 0) is 4.79 Å². The lowest BCUT2D eigenvalue weighted by Crippen LogP contribution is -2.41. The molecule has 0 saturated heterocycles. The first-order valence-electron chi connectivity index (χ1n) is 5.61. The van der Waals surface area contributed by atoms with Gasteiger partial charge < -0.3 is 15.0 Å². The minimum atomic E-state index is -1.14. The molecular weight excluding hydrogens is 232 g/mol. The van der Waals surface area contributed by atoms with Crippen molar-refractivity contribution >= 4 is 11.9 Å². The van der Waals surface area contributed by atoms with Crippen LogP contribution in [0.1, 0.15) is 36.8 Å². The molecule has 18 heavy (non-hydrogen) atoms. The van der Waals surface area contributed by atoms with Crippen LogP contribution in [0, 0.1) is 12.3 Å². The first kappa shape index (κ1) is 13.8. The molecule has 0 radical (unpaired) electrons. The van der Waals surface area contributed by atoms with E-state index in [1.54, 1.807) is 22.9 Å². The summed E-state index contributed by atoms with van der Waals surface area (Å²) >= 11 is 0. The second kappa shape index (κ2) is 5.92. The zero-order valence-electron chi connectivity index (χ0n) is 10.4. The molecule has 5 nitrogen and oxygen atoms in total. The first-order chi connectivity index (χ1) is 8.47. The van der Waals surface area contributed by atoms with Crippen LogP contribution in [0.2, 0.25) is 0 Å². The van der Waals surface area contributed by atoms with Crippen molar-refractivity contribution in [2.24, 2.45) is 0 Å². The molecule has 1 heterocycles. The largest absolute Gasteiger partial charge is 0.480 e. The van der Waals surface area contributed by atoms with Gasteiger partial charge >= 0.3 is 5.97 Å². The summed E-state index contributed by atoms with van der Waals surface area (Å²) in [6.07, 6.45) is 6.81. The third-order valence-corrected chi connectivity index (χ3v) is 2.49. The van der Waals surface area contributed by atoms with Gasteiger partial charge in [-0.15, -0.1) is 12.3 Å². The standard InChI is InChI=1S/C13H16N2O3/c1-4-6-10(13(17)18)14-12(16)11-7-5-8-15(11)9(2)3/h1,5,7-10H,6H2,2-3H3,(H,14,16)(H,17,18). The zero-order chi connectivity index (χ0) is 13.7. The van der Waals surface area contributed by atoms with Gasteiger partial charge in [0.05, 0.1) is 0 Å². The highest BCUT2D eigenvalue weighted by Gasteiger charge is 2.21. The van der Waals surface area contributed by atoms with Crippen LogP contribution in [0.25, 0.3) is 0 Å². The third kappa shape index (κ3) is 3.14. The molecule has 0 aliphatic heterocycles. The Balaban J connectivity index is 2.84. The van der Waals surface area contributed by atoms with Gasteiger partial charge in [0.1, 0.15) is 11.7 Å². The predicted molar refractivity (Wildman–Crippen MR) is 67.2 cm³/mol. The smallest absolute Gasteiger partial charge is 0.327 e. The monoisotopic (exact) mass is 248 g/mol. The summed E-state index contributed by atoms with van der Waals surface area (Å²) in [6.45, 7) is 3.87. The average Bonchev–Trinajstić information content (AvgIpc) is 2.77. The van der Waals surface area contributed by atoms with Gasteiger partial charge in [-0.25, -0.2) is 4.79 Å². The summed E-state index contributed by atoms with van der Waals surface area (Å²) in [7, 11) is 0. The van der Waals surface area contributed by atoms with E-state index in [2.05, 4.69) is 11.2 Å². The molecule has 0 bridgehead atoms. The number of hydrogen-bond acceptors (Lipinski definition) is 2. The van der Waals surface area contributed by atoms with Gasteiger partial charge in [-0.2, -0.15) is 0 Å². The van der Waals surface area contributed by atoms with Crippen LogP contribution in [0.4, 0.5) is 0 Å². The predicted octanol–water partition coefficient (Wildman–Crippen LogP) is 1.28. The fraction of sp³-hybridized carbons (Fsp3) is 0.385. The number of amides is 1. The van der Waals surface area contributed by atoms with E-state index in [-0.39, 0.29) is 12.5 Å². The van der Waals surface area contributed by atoms with Crippen molar-refractivity contribution in [3.63, 3.8) is 0 Å². The van der Waals surface area contributed by atoms with Crippen molar-refractivity contribution in [1.29, 1.82) is 0 Å². The molecule has 1 rings (SSSR count). The number of rotatable bonds is 5. The zero-order valence-corrected chi connectivity index (χ0v) is 10.4. The summed E-state index contributed by atoms with van der Waals surface area (Å²) in [6, 6.07) is 2.45. The Hall–Kier alpha value is -2.22. The Labute approximate surface area is 106 Å². The van der Waals surface area contributed by atoms with Gasteiger partial charge in [-0.05, 0) is 26.0 Å². The quantitative estimate of drug-likeness (QED) is 0.771. The molecule has 0 saturated carbocycles. The van der Waals surface area contributed by atoms with Crippen molar-refractivity contribution in [2.75, 3.05) is 0 Å². The van der Waals surface area contributed by atoms with E-state index >= 15 is 0 Å². The molecule has 1 aromatic heterocycles. The summed E-state index contributed by atoms with van der Waals surface area (Å²) in [5, 5.41) is 11.3. The highest BCUT2D eigenvalue weighted by molar-refractivity contribution is 5.95. The summed E-state index contributed by atoms with van der Waals surface area (Å²) < 4.78 is 1.77. The van der Waals surface area contributed by atoms with Crippen LogP contribution in [0.5, 0.6) is 0 Å². The van der Waals surface area contributed by atoms with Gasteiger partial charge in [-0.3, -0.25) is 4.79 Å². The van der Waals surface area contributed by atoms with Gasteiger partial charge in [0.2, 0.25) is 0 Å². The molecule has 0 aromatic carbocycles. The molecule has 1 amide bonds. The Morgan fingerprint density at radius 3 is 2.72 bits per heavy atom. The fourth-order valence-electron chi connectivity index (χ4n) is 1.59. The van der Waals surface area contributed by atoms with Gasteiger partial charge in [-0.1, -0.05) is 0 Å². The van der Waals surface area contributed by atoms with E-state index in [4.69, 9.17) is 11.5 Å². The molecule has 96 valence electrons. The minimum absolute atomic E-state index is 0.0382. The number of carboxylic acids is 1. The van der Waals surface area contributed by atoms with Crippen LogP contribution < -0.4 is 5.32 Å². The molecule has 1 aromatic rings. The Morgan fingerprint density at radius 2 is 2.22 bits per heavy atom. The highest BCUT2D eigenvalue weighted by atomic mass is 16.4. The van der Waals surface area contributed by atoms with E-state index < -0.39 is 17.9 Å². The van der Waals surface area contributed by atoms with Crippen LogP contribution in [0.3, 0.4) is 0 Å². The number of carboxylic acid groups (broad SMARTS) is 1. The maximum absolute atomic E-state index is 12.0. The SMILES string of the molecule is C#CCC(NC(=O)c1cccn1C(C)C)C(=O)O. The number of nitrogens with zero attached hydrogens (tertiary/aromatic N) is 1. The van der Waals surface area contributed by atoms with Crippen molar-refractivity contribution in [3.8, 4) is 12.3 Å². The number of aliphatic carboxylic acids is 1. The number of aromatic nitrogens is 1. The number of terminal acetylenes is 1. The Kier molecular flexibility index (Phi) is 4.55. The molecular formula is C13H16N2O3. The normalized spacial score (nSPS) is 11.9. The first-order valence-corrected chi connectivity index (χ1v) is 5.61. The van der Waals surface area contributed by atoms with Crippen LogP contribution in [-0.4, -0.2) is 27.6 Å². The van der Waals surface area contributed by atoms with E-state index in [9.17, 15) is 9.59 Å². The Bertz CT molecular complexity index is 483. The second-order valence-corrected chi connectivity index (χ2v) is 4.17. The van der Waals surface area contributed by atoms with Gasteiger partial charge in [0.25, 0.3) is 5.91 Å². The summed E-state index contributed by atoms with van der Waals surface area (Å²) in [5.41, 5.74) is 0.424. The third-order valence-electron chi connectivity index (χ3n) is 2.49.